The van der Waals surface area contributed by atoms with Gasteiger partial charge in [0.05, 0.1) is 0 Å². The molecule has 2 N–H and O–H groups in total. The highest BCUT2D eigenvalue weighted by Crippen LogP contribution is 2.15. The van der Waals surface area contributed by atoms with Gasteiger partial charge in [-0.25, -0.2) is 0 Å². The number of amides is 1. The third-order valence-electron chi connectivity index (χ3n) is 2.89. The molecule has 14 heavy (non-hydrogen) atoms. The predicted molar refractivity (Wildman–Crippen MR) is 57.8 cm³/mol. The fourth-order valence-corrected chi connectivity index (χ4v) is 1.77. The van der Waals surface area contributed by atoms with E-state index in [4.69, 9.17) is 5.73 Å². The first-order valence-corrected chi connectivity index (χ1v) is 5.29. The lowest BCUT2D eigenvalue weighted by Crippen LogP contribution is -2.48. The molecule has 3 heteroatoms. The van der Waals surface area contributed by atoms with Crippen LogP contribution >= 0.6 is 0 Å². The third-order valence-corrected chi connectivity index (χ3v) is 2.89. The summed E-state index contributed by atoms with van der Waals surface area (Å²) in [4.78, 5) is 13.6. The van der Waals surface area contributed by atoms with Crippen LogP contribution in [0.5, 0.6) is 0 Å². The quantitative estimate of drug-likeness (QED) is 0.688. The van der Waals surface area contributed by atoms with Crippen LogP contribution in [0.3, 0.4) is 0 Å². The summed E-state index contributed by atoms with van der Waals surface area (Å²) in [6.45, 7) is 7.36. The van der Waals surface area contributed by atoms with Crippen molar-refractivity contribution >= 4 is 5.91 Å². The zero-order valence-electron chi connectivity index (χ0n) is 8.91. The Kier molecular flexibility index (Phi) is 4.14. The fraction of sp³-hybridized carbons (Fsp3) is 0.727. The van der Waals surface area contributed by atoms with E-state index in [1.165, 1.54) is 0 Å². The smallest absolute Gasteiger partial charge is 0.222 e. The van der Waals surface area contributed by atoms with E-state index in [1.807, 2.05) is 4.90 Å². The Labute approximate surface area is 86.0 Å². The first-order chi connectivity index (χ1) is 6.65. The van der Waals surface area contributed by atoms with Crippen molar-refractivity contribution < 1.29 is 4.79 Å². The van der Waals surface area contributed by atoms with E-state index < -0.39 is 0 Å². The zero-order valence-corrected chi connectivity index (χ0v) is 8.91. The van der Waals surface area contributed by atoms with Crippen LogP contribution in [0.2, 0.25) is 0 Å². The van der Waals surface area contributed by atoms with Crippen molar-refractivity contribution in [1.29, 1.82) is 0 Å². The van der Waals surface area contributed by atoms with E-state index in [1.54, 1.807) is 6.08 Å². The third kappa shape index (κ3) is 2.84. The Hall–Kier alpha value is -0.830. The van der Waals surface area contributed by atoms with Crippen molar-refractivity contribution in [3.8, 4) is 0 Å². The number of likely N-dealkylation sites (tertiary alicyclic amines) is 1. The van der Waals surface area contributed by atoms with Crippen LogP contribution in [0.15, 0.2) is 12.7 Å². The molecule has 0 aliphatic carbocycles. The maximum atomic E-state index is 11.6. The second-order valence-corrected chi connectivity index (χ2v) is 4.10. The van der Waals surface area contributed by atoms with Crippen LogP contribution in [-0.2, 0) is 4.79 Å². The van der Waals surface area contributed by atoms with E-state index in [0.29, 0.717) is 12.3 Å². The summed E-state index contributed by atoms with van der Waals surface area (Å²) in [7, 11) is 0. The van der Waals surface area contributed by atoms with Gasteiger partial charge in [-0.15, -0.1) is 6.58 Å². The summed E-state index contributed by atoms with van der Waals surface area (Å²) in [5.41, 5.74) is 5.89. The first kappa shape index (κ1) is 11.2. The molecule has 0 aromatic rings. The van der Waals surface area contributed by atoms with Gasteiger partial charge in [0.25, 0.3) is 0 Å². The molecule has 1 aliphatic heterocycles. The van der Waals surface area contributed by atoms with Gasteiger partial charge in [0.15, 0.2) is 0 Å². The summed E-state index contributed by atoms with van der Waals surface area (Å²) in [6.07, 6.45) is 4.08. The number of carbonyl (C=O) groups is 1. The average molecular weight is 196 g/mol. The van der Waals surface area contributed by atoms with Crippen LogP contribution in [-0.4, -0.2) is 29.9 Å². The molecule has 1 saturated heterocycles. The Morgan fingerprint density at radius 1 is 1.71 bits per heavy atom. The Morgan fingerprint density at radius 3 is 3.00 bits per heavy atom. The Bertz CT molecular complexity index is 215. The number of allylic oxidation sites excluding steroid dienone is 1. The molecule has 0 aromatic carbocycles. The molecular weight excluding hydrogens is 176 g/mol. The average Bonchev–Trinajstić information content (AvgIpc) is 2.18. The van der Waals surface area contributed by atoms with Gasteiger partial charge in [0.1, 0.15) is 0 Å². The van der Waals surface area contributed by atoms with Crippen molar-refractivity contribution in [2.24, 2.45) is 11.7 Å². The highest BCUT2D eigenvalue weighted by molar-refractivity contribution is 5.76. The molecule has 1 fully saturated rings. The van der Waals surface area contributed by atoms with Crippen LogP contribution in [0.25, 0.3) is 0 Å². The molecule has 1 aliphatic rings. The number of rotatable bonds is 3. The van der Waals surface area contributed by atoms with Crippen molar-refractivity contribution in [2.45, 2.75) is 32.2 Å². The maximum Gasteiger partial charge on any atom is 0.222 e. The summed E-state index contributed by atoms with van der Waals surface area (Å²) in [5.74, 6) is 0.667. The predicted octanol–water partition coefficient (Wildman–Crippen LogP) is 1.15. The van der Waals surface area contributed by atoms with Crippen molar-refractivity contribution in [3.05, 3.63) is 12.7 Å². The molecule has 1 amide bonds. The molecule has 1 rings (SSSR count). The number of nitrogens with zero attached hydrogens (tertiary/aromatic N) is 1. The van der Waals surface area contributed by atoms with Crippen LogP contribution in [0, 0.1) is 5.92 Å². The SMILES string of the molecule is C=CCCC(=O)N1CCC(N)C(C)C1. The lowest BCUT2D eigenvalue weighted by atomic mass is 9.94. The lowest BCUT2D eigenvalue weighted by Gasteiger charge is -2.35. The van der Waals surface area contributed by atoms with E-state index >= 15 is 0 Å². The maximum absolute atomic E-state index is 11.6. The molecule has 0 spiro atoms. The zero-order chi connectivity index (χ0) is 10.6. The molecule has 1 heterocycles. The fourth-order valence-electron chi connectivity index (χ4n) is 1.77. The van der Waals surface area contributed by atoms with Crippen LogP contribution in [0.1, 0.15) is 26.2 Å². The number of hydrogen-bond donors (Lipinski definition) is 1. The minimum Gasteiger partial charge on any atom is -0.342 e. The minimum atomic E-state index is 0.239. The monoisotopic (exact) mass is 196 g/mol. The highest BCUT2D eigenvalue weighted by atomic mass is 16.2. The Balaban J connectivity index is 2.38. The molecule has 3 nitrogen and oxygen atoms in total. The van der Waals surface area contributed by atoms with Gasteiger partial charge >= 0.3 is 0 Å². The molecule has 80 valence electrons. The van der Waals surface area contributed by atoms with E-state index in [2.05, 4.69) is 13.5 Å². The topological polar surface area (TPSA) is 46.3 Å². The molecule has 0 aromatic heterocycles. The van der Waals surface area contributed by atoms with Crippen molar-refractivity contribution in [2.75, 3.05) is 13.1 Å². The van der Waals surface area contributed by atoms with E-state index in [9.17, 15) is 4.79 Å². The number of nitrogens with two attached hydrogens (primary N) is 1. The van der Waals surface area contributed by atoms with Crippen molar-refractivity contribution in [1.82, 2.24) is 4.90 Å². The number of carbonyl (C=O) groups excluding carboxylic acids is 1. The summed E-state index contributed by atoms with van der Waals surface area (Å²) >= 11 is 0. The number of hydrogen-bond acceptors (Lipinski definition) is 2. The first-order valence-electron chi connectivity index (χ1n) is 5.29. The van der Waals surface area contributed by atoms with Gasteiger partial charge in [0, 0.05) is 25.6 Å². The standard InChI is InChI=1S/C11H20N2O/c1-3-4-5-11(14)13-7-6-10(12)9(2)8-13/h3,9-10H,1,4-8,12H2,2H3. The molecule has 0 saturated carbocycles. The summed E-state index contributed by atoms with van der Waals surface area (Å²) < 4.78 is 0. The molecule has 2 unspecified atom stereocenters. The summed E-state index contributed by atoms with van der Waals surface area (Å²) in [6, 6.07) is 0.262. The normalized spacial score (nSPS) is 27.4. The second-order valence-electron chi connectivity index (χ2n) is 4.10. The van der Waals surface area contributed by atoms with Crippen LogP contribution in [0.4, 0.5) is 0 Å². The Morgan fingerprint density at radius 2 is 2.43 bits per heavy atom. The lowest BCUT2D eigenvalue weighted by molar-refractivity contribution is -0.133. The van der Waals surface area contributed by atoms with Crippen LogP contribution < -0.4 is 5.73 Å². The van der Waals surface area contributed by atoms with Gasteiger partial charge in [-0.05, 0) is 18.8 Å². The largest absolute Gasteiger partial charge is 0.342 e. The molecular formula is C11H20N2O. The molecule has 2 atom stereocenters. The van der Waals surface area contributed by atoms with Gasteiger partial charge in [-0.1, -0.05) is 13.0 Å². The van der Waals surface area contributed by atoms with Crippen molar-refractivity contribution in [3.63, 3.8) is 0 Å². The van der Waals surface area contributed by atoms with Gasteiger partial charge < -0.3 is 10.6 Å². The van der Waals surface area contributed by atoms with Gasteiger partial charge in [0.2, 0.25) is 5.91 Å². The molecule has 0 radical (unpaired) electrons. The number of piperidine rings is 1. The molecule has 0 bridgehead atoms. The minimum absolute atomic E-state index is 0.239. The van der Waals surface area contributed by atoms with E-state index in [-0.39, 0.29) is 11.9 Å². The summed E-state index contributed by atoms with van der Waals surface area (Å²) in [5, 5.41) is 0. The van der Waals surface area contributed by atoms with E-state index in [0.717, 1.165) is 25.9 Å². The second kappa shape index (κ2) is 5.15. The van der Waals surface area contributed by atoms with Gasteiger partial charge in [-0.3, -0.25) is 4.79 Å². The van der Waals surface area contributed by atoms with Gasteiger partial charge in [-0.2, -0.15) is 0 Å². The highest BCUT2D eigenvalue weighted by Gasteiger charge is 2.25.